The highest BCUT2D eigenvalue weighted by molar-refractivity contribution is 9.10. The maximum atomic E-state index is 12.6. The molecule has 5 nitrogen and oxygen atoms in total. The van der Waals surface area contributed by atoms with Crippen LogP contribution in [0.3, 0.4) is 0 Å². The summed E-state index contributed by atoms with van der Waals surface area (Å²) in [5, 5.41) is 5.27. The van der Waals surface area contributed by atoms with E-state index in [1.54, 1.807) is 21.0 Å². The largest absolute Gasteiger partial charge is 0.497 e. The third-order valence-corrected chi connectivity index (χ3v) is 5.13. The van der Waals surface area contributed by atoms with E-state index in [4.69, 9.17) is 9.47 Å². The van der Waals surface area contributed by atoms with E-state index in [1.807, 2.05) is 53.9 Å². The second-order valence-electron chi connectivity index (χ2n) is 6.29. The number of methoxy groups -OCH3 is 1. The number of rotatable bonds is 6. The van der Waals surface area contributed by atoms with Gasteiger partial charge in [0, 0.05) is 15.4 Å². The van der Waals surface area contributed by atoms with E-state index in [0.717, 1.165) is 21.5 Å². The molecule has 0 radical (unpaired) electrons. The first-order chi connectivity index (χ1) is 12.9. The molecule has 2 aromatic carbocycles. The number of nitrogens with zero attached hydrogens (tertiary/aromatic N) is 1. The normalized spacial score (nSPS) is 11.1. The summed E-state index contributed by atoms with van der Waals surface area (Å²) in [7, 11) is 1.63. The number of halogens is 1. The van der Waals surface area contributed by atoms with Gasteiger partial charge in [0.15, 0.2) is 10.7 Å². The van der Waals surface area contributed by atoms with Crippen LogP contribution >= 0.6 is 27.3 Å². The Hall–Kier alpha value is -2.38. The SMILES string of the molecule is COc1ccc(-c2csc(NC(=O)C(C)(C)Oc3ccc(Br)cc3)n2)cc1. The lowest BCUT2D eigenvalue weighted by molar-refractivity contribution is -0.128. The van der Waals surface area contributed by atoms with E-state index in [1.165, 1.54) is 11.3 Å². The number of hydrogen-bond donors (Lipinski definition) is 1. The smallest absolute Gasteiger partial charge is 0.269 e. The van der Waals surface area contributed by atoms with Crippen LogP contribution in [0.25, 0.3) is 11.3 Å². The lowest BCUT2D eigenvalue weighted by Crippen LogP contribution is -2.42. The van der Waals surface area contributed by atoms with Gasteiger partial charge in [0.1, 0.15) is 11.5 Å². The zero-order chi connectivity index (χ0) is 19.4. The van der Waals surface area contributed by atoms with Crippen molar-refractivity contribution < 1.29 is 14.3 Å². The summed E-state index contributed by atoms with van der Waals surface area (Å²) in [6, 6.07) is 15.0. The Labute approximate surface area is 170 Å². The second-order valence-corrected chi connectivity index (χ2v) is 8.06. The van der Waals surface area contributed by atoms with Crippen LogP contribution in [0, 0.1) is 0 Å². The summed E-state index contributed by atoms with van der Waals surface area (Å²) in [5.74, 6) is 1.15. The fourth-order valence-electron chi connectivity index (χ4n) is 2.32. The van der Waals surface area contributed by atoms with Gasteiger partial charge in [-0.2, -0.15) is 0 Å². The Balaban J connectivity index is 1.68. The maximum Gasteiger partial charge on any atom is 0.269 e. The van der Waals surface area contributed by atoms with Crippen molar-refractivity contribution in [1.82, 2.24) is 4.98 Å². The summed E-state index contributed by atoms with van der Waals surface area (Å²) in [5.41, 5.74) is 0.710. The summed E-state index contributed by atoms with van der Waals surface area (Å²) in [4.78, 5) is 17.1. The average molecular weight is 447 g/mol. The predicted molar refractivity (Wildman–Crippen MR) is 112 cm³/mol. The van der Waals surface area contributed by atoms with Gasteiger partial charge in [0.05, 0.1) is 12.8 Å². The number of ether oxygens (including phenoxy) is 2. The molecule has 1 heterocycles. The van der Waals surface area contributed by atoms with Gasteiger partial charge in [0.2, 0.25) is 0 Å². The Morgan fingerprint density at radius 1 is 1.07 bits per heavy atom. The molecule has 0 aliphatic rings. The quantitative estimate of drug-likeness (QED) is 0.552. The molecule has 1 aromatic heterocycles. The van der Waals surface area contributed by atoms with E-state index in [0.29, 0.717) is 10.9 Å². The van der Waals surface area contributed by atoms with Gasteiger partial charge in [-0.15, -0.1) is 11.3 Å². The molecule has 3 rings (SSSR count). The molecule has 0 unspecified atom stereocenters. The molecule has 0 saturated heterocycles. The highest BCUT2D eigenvalue weighted by Crippen LogP contribution is 2.28. The number of carbonyl (C=O) groups excluding carboxylic acids is 1. The third-order valence-electron chi connectivity index (χ3n) is 3.84. The molecule has 0 bridgehead atoms. The molecule has 140 valence electrons. The second kappa shape index (κ2) is 8.10. The molecular formula is C20H19BrN2O3S. The summed E-state index contributed by atoms with van der Waals surface area (Å²) in [6.45, 7) is 3.45. The zero-order valence-electron chi connectivity index (χ0n) is 15.2. The van der Waals surface area contributed by atoms with Crippen LogP contribution in [0.1, 0.15) is 13.8 Å². The van der Waals surface area contributed by atoms with Gasteiger partial charge in [-0.05, 0) is 62.4 Å². The van der Waals surface area contributed by atoms with Crippen molar-refractivity contribution in [2.24, 2.45) is 0 Å². The molecule has 0 spiro atoms. The fraction of sp³-hybridized carbons (Fsp3) is 0.200. The van der Waals surface area contributed by atoms with E-state index >= 15 is 0 Å². The number of hydrogen-bond acceptors (Lipinski definition) is 5. The standard InChI is InChI=1S/C20H19BrN2O3S/c1-20(2,26-16-10-6-14(21)7-11-16)18(24)23-19-22-17(12-27-19)13-4-8-15(25-3)9-5-13/h4-12H,1-3H3,(H,22,23,24). The van der Waals surface area contributed by atoms with Crippen LogP contribution in [-0.4, -0.2) is 23.6 Å². The molecule has 1 amide bonds. The molecule has 0 aliphatic carbocycles. The average Bonchev–Trinajstić information content (AvgIpc) is 3.12. The highest BCUT2D eigenvalue weighted by Gasteiger charge is 2.30. The van der Waals surface area contributed by atoms with Crippen LogP contribution in [0.15, 0.2) is 58.4 Å². The minimum Gasteiger partial charge on any atom is -0.497 e. The summed E-state index contributed by atoms with van der Waals surface area (Å²) < 4.78 is 12.0. The van der Waals surface area contributed by atoms with Crippen LogP contribution in [-0.2, 0) is 4.79 Å². The predicted octanol–water partition coefficient (Wildman–Crippen LogP) is 5.38. The number of carbonyl (C=O) groups is 1. The van der Waals surface area contributed by atoms with Gasteiger partial charge in [-0.25, -0.2) is 4.98 Å². The molecule has 0 fully saturated rings. The van der Waals surface area contributed by atoms with E-state index < -0.39 is 5.60 Å². The first kappa shape index (κ1) is 19.4. The first-order valence-electron chi connectivity index (χ1n) is 8.23. The zero-order valence-corrected chi connectivity index (χ0v) is 17.6. The molecule has 0 saturated carbocycles. The van der Waals surface area contributed by atoms with Crippen molar-refractivity contribution in [3.05, 3.63) is 58.4 Å². The van der Waals surface area contributed by atoms with E-state index in [9.17, 15) is 4.79 Å². The number of nitrogens with one attached hydrogen (secondary N) is 1. The molecule has 1 N–H and O–H groups in total. The molecular weight excluding hydrogens is 428 g/mol. The number of anilines is 1. The van der Waals surface area contributed by atoms with Gasteiger partial charge in [-0.3, -0.25) is 10.1 Å². The Morgan fingerprint density at radius 3 is 2.33 bits per heavy atom. The van der Waals surface area contributed by atoms with E-state index in [2.05, 4.69) is 26.2 Å². The lowest BCUT2D eigenvalue weighted by atomic mass is 10.1. The van der Waals surface area contributed by atoms with Crippen LogP contribution in [0.5, 0.6) is 11.5 Å². The Bertz CT molecular complexity index is 921. The molecule has 0 atom stereocenters. The Kier molecular flexibility index (Phi) is 5.82. The molecule has 27 heavy (non-hydrogen) atoms. The number of thiazole rings is 1. The van der Waals surface area contributed by atoms with Crippen molar-refractivity contribution in [2.75, 3.05) is 12.4 Å². The monoisotopic (exact) mass is 446 g/mol. The van der Waals surface area contributed by atoms with Crippen LogP contribution < -0.4 is 14.8 Å². The number of aromatic nitrogens is 1. The first-order valence-corrected chi connectivity index (χ1v) is 9.90. The van der Waals surface area contributed by atoms with Crippen molar-refractivity contribution in [2.45, 2.75) is 19.4 Å². The minimum absolute atomic E-state index is 0.263. The summed E-state index contributed by atoms with van der Waals surface area (Å²) >= 11 is 4.75. The van der Waals surface area contributed by atoms with Gasteiger partial charge < -0.3 is 9.47 Å². The molecule has 3 aromatic rings. The third kappa shape index (κ3) is 4.87. The van der Waals surface area contributed by atoms with Crippen molar-refractivity contribution in [3.63, 3.8) is 0 Å². The number of amides is 1. The Morgan fingerprint density at radius 2 is 1.70 bits per heavy atom. The van der Waals surface area contributed by atoms with Gasteiger partial charge in [0.25, 0.3) is 5.91 Å². The van der Waals surface area contributed by atoms with Crippen LogP contribution in [0.2, 0.25) is 0 Å². The van der Waals surface area contributed by atoms with Gasteiger partial charge in [-0.1, -0.05) is 15.9 Å². The van der Waals surface area contributed by atoms with Crippen LogP contribution in [0.4, 0.5) is 5.13 Å². The van der Waals surface area contributed by atoms with E-state index in [-0.39, 0.29) is 5.91 Å². The van der Waals surface area contributed by atoms with Crippen molar-refractivity contribution in [3.8, 4) is 22.8 Å². The van der Waals surface area contributed by atoms with Crippen molar-refractivity contribution >= 4 is 38.3 Å². The number of benzene rings is 2. The molecule has 7 heteroatoms. The molecule has 0 aliphatic heterocycles. The summed E-state index contributed by atoms with van der Waals surface area (Å²) in [6.07, 6.45) is 0. The lowest BCUT2D eigenvalue weighted by Gasteiger charge is -2.24. The maximum absolute atomic E-state index is 12.6. The minimum atomic E-state index is -1.04. The highest BCUT2D eigenvalue weighted by atomic mass is 79.9. The fourth-order valence-corrected chi connectivity index (χ4v) is 3.30. The topological polar surface area (TPSA) is 60.5 Å². The van der Waals surface area contributed by atoms with Crippen molar-refractivity contribution in [1.29, 1.82) is 0 Å². The van der Waals surface area contributed by atoms with Gasteiger partial charge >= 0.3 is 0 Å².